The lowest BCUT2D eigenvalue weighted by Gasteiger charge is -2.07. The predicted molar refractivity (Wildman–Crippen MR) is 47.3 cm³/mol. The normalized spacial score (nSPS) is 11.9. The number of furan rings is 1. The van der Waals surface area contributed by atoms with Crippen molar-refractivity contribution in [2.24, 2.45) is 0 Å². The van der Waals surface area contributed by atoms with Gasteiger partial charge < -0.3 is 14.5 Å². The van der Waals surface area contributed by atoms with Gasteiger partial charge >= 0.3 is 6.18 Å². The molecule has 0 fully saturated rings. The van der Waals surface area contributed by atoms with Crippen LogP contribution in [0.1, 0.15) is 5.76 Å². The summed E-state index contributed by atoms with van der Waals surface area (Å²) in [5.74, 6) is 0.742. The standard InChI is InChI=1S/C9H12F3NO2/c10-9(11,12)7-14-5-3-13-6-8-2-1-4-15-8/h1-2,4,13H,3,5-7H2. The summed E-state index contributed by atoms with van der Waals surface area (Å²) in [5, 5.41) is 2.89. The zero-order valence-electron chi connectivity index (χ0n) is 8.01. The van der Waals surface area contributed by atoms with Gasteiger partial charge in [-0.05, 0) is 12.1 Å². The molecular formula is C9H12F3NO2. The molecule has 0 aliphatic heterocycles. The Labute approximate surface area is 85.2 Å². The van der Waals surface area contributed by atoms with Crippen molar-refractivity contribution < 1.29 is 22.3 Å². The molecule has 1 aromatic heterocycles. The Bertz CT molecular complexity index is 259. The second-order valence-corrected chi connectivity index (χ2v) is 2.92. The second kappa shape index (κ2) is 5.77. The van der Waals surface area contributed by atoms with Crippen LogP contribution in [0, 0.1) is 0 Å². The highest BCUT2D eigenvalue weighted by molar-refractivity contribution is 4.97. The van der Waals surface area contributed by atoms with Crippen molar-refractivity contribution in [2.75, 3.05) is 19.8 Å². The fourth-order valence-electron chi connectivity index (χ4n) is 0.957. The summed E-state index contributed by atoms with van der Waals surface area (Å²) in [6, 6.07) is 3.53. The lowest BCUT2D eigenvalue weighted by atomic mass is 10.4. The lowest BCUT2D eigenvalue weighted by molar-refractivity contribution is -0.173. The van der Waals surface area contributed by atoms with Gasteiger partial charge in [-0.25, -0.2) is 0 Å². The topological polar surface area (TPSA) is 34.4 Å². The molecule has 0 aliphatic rings. The SMILES string of the molecule is FC(F)(F)COCCNCc1ccco1. The summed E-state index contributed by atoms with van der Waals surface area (Å²) in [7, 11) is 0. The third kappa shape index (κ3) is 6.14. The molecule has 86 valence electrons. The highest BCUT2D eigenvalue weighted by Crippen LogP contribution is 2.13. The fourth-order valence-corrected chi connectivity index (χ4v) is 0.957. The number of alkyl halides is 3. The molecule has 0 unspecified atom stereocenters. The highest BCUT2D eigenvalue weighted by atomic mass is 19.4. The number of halogens is 3. The lowest BCUT2D eigenvalue weighted by Crippen LogP contribution is -2.23. The Kier molecular flexibility index (Phi) is 4.64. The molecule has 0 spiro atoms. The van der Waals surface area contributed by atoms with Crippen molar-refractivity contribution in [2.45, 2.75) is 12.7 Å². The summed E-state index contributed by atoms with van der Waals surface area (Å²) in [6.07, 6.45) is -2.71. The van der Waals surface area contributed by atoms with E-state index in [2.05, 4.69) is 10.1 Å². The molecule has 0 saturated carbocycles. The van der Waals surface area contributed by atoms with E-state index in [1.54, 1.807) is 12.1 Å². The van der Waals surface area contributed by atoms with Crippen molar-refractivity contribution in [3.63, 3.8) is 0 Å². The Hall–Kier alpha value is -1.01. The minimum Gasteiger partial charge on any atom is -0.468 e. The Morgan fingerprint density at radius 1 is 1.40 bits per heavy atom. The van der Waals surface area contributed by atoms with E-state index >= 15 is 0 Å². The van der Waals surface area contributed by atoms with Crippen LogP contribution in [-0.4, -0.2) is 25.9 Å². The van der Waals surface area contributed by atoms with Crippen LogP contribution in [0.2, 0.25) is 0 Å². The number of rotatable bonds is 6. The summed E-state index contributed by atoms with van der Waals surface area (Å²) in [5.41, 5.74) is 0. The second-order valence-electron chi connectivity index (χ2n) is 2.92. The van der Waals surface area contributed by atoms with Crippen molar-refractivity contribution >= 4 is 0 Å². The summed E-state index contributed by atoms with van der Waals surface area (Å²) >= 11 is 0. The molecule has 1 N–H and O–H groups in total. The van der Waals surface area contributed by atoms with Crippen molar-refractivity contribution in [3.8, 4) is 0 Å². The van der Waals surface area contributed by atoms with Crippen LogP contribution >= 0.6 is 0 Å². The first-order valence-electron chi connectivity index (χ1n) is 4.45. The molecule has 15 heavy (non-hydrogen) atoms. The van der Waals surface area contributed by atoms with Crippen LogP contribution in [0.4, 0.5) is 13.2 Å². The average molecular weight is 223 g/mol. The highest BCUT2D eigenvalue weighted by Gasteiger charge is 2.27. The van der Waals surface area contributed by atoms with Gasteiger partial charge in [-0.3, -0.25) is 0 Å². The van der Waals surface area contributed by atoms with Crippen LogP contribution in [0.15, 0.2) is 22.8 Å². The van der Waals surface area contributed by atoms with Gasteiger partial charge in [-0.15, -0.1) is 0 Å². The van der Waals surface area contributed by atoms with Crippen LogP contribution in [0.3, 0.4) is 0 Å². The third-order valence-corrected chi connectivity index (χ3v) is 1.57. The van der Waals surface area contributed by atoms with Crippen LogP contribution < -0.4 is 5.32 Å². The monoisotopic (exact) mass is 223 g/mol. The van der Waals surface area contributed by atoms with Gasteiger partial charge in [0.25, 0.3) is 0 Å². The molecule has 3 nitrogen and oxygen atoms in total. The van der Waals surface area contributed by atoms with Crippen molar-refractivity contribution in [1.82, 2.24) is 5.32 Å². The van der Waals surface area contributed by atoms with Crippen molar-refractivity contribution in [3.05, 3.63) is 24.2 Å². The average Bonchev–Trinajstić information content (AvgIpc) is 2.61. The molecule has 0 aliphatic carbocycles. The minimum atomic E-state index is -4.25. The van der Waals surface area contributed by atoms with Gasteiger partial charge in [0.2, 0.25) is 0 Å². The first-order valence-corrected chi connectivity index (χ1v) is 4.45. The molecule has 0 radical (unpaired) electrons. The molecule has 0 amide bonds. The maximum absolute atomic E-state index is 11.6. The van der Waals surface area contributed by atoms with E-state index in [0.29, 0.717) is 13.1 Å². The number of hydrogen-bond acceptors (Lipinski definition) is 3. The maximum Gasteiger partial charge on any atom is 0.411 e. The first kappa shape index (κ1) is 12.1. The van der Waals surface area contributed by atoms with Crippen LogP contribution in [0.5, 0.6) is 0 Å². The van der Waals surface area contributed by atoms with E-state index < -0.39 is 12.8 Å². The minimum absolute atomic E-state index is 0.0280. The number of hydrogen-bond donors (Lipinski definition) is 1. The first-order chi connectivity index (χ1) is 7.08. The van der Waals surface area contributed by atoms with Gasteiger partial charge in [0.05, 0.1) is 19.4 Å². The molecule has 0 bridgehead atoms. The van der Waals surface area contributed by atoms with Gasteiger partial charge in [-0.1, -0.05) is 0 Å². The third-order valence-electron chi connectivity index (χ3n) is 1.57. The van der Waals surface area contributed by atoms with E-state index in [1.807, 2.05) is 0 Å². The van der Waals surface area contributed by atoms with E-state index in [0.717, 1.165) is 5.76 Å². The maximum atomic E-state index is 11.6. The molecule has 6 heteroatoms. The van der Waals surface area contributed by atoms with E-state index in [4.69, 9.17) is 4.42 Å². The smallest absolute Gasteiger partial charge is 0.411 e. The Morgan fingerprint density at radius 3 is 2.80 bits per heavy atom. The van der Waals surface area contributed by atoms with E-state index in [-0.39, 0.29) is 6.61 Å². The molecule has 0 saturated heterocycles. The predicted octanol–water partition coefficient (Wildman–Crippen LogP) is 1.95. The molecule has 0 aromatic carbocycles. The molecule has 0 atom stereocenters. The molecule has 1 aromatic rings. The Morgan fingerprint density at radius 2 is 2.20 bits per heavy atom. The van der Waals surface area contributed by atoms with Gasteiger partial charge in [0.15, 0.2) is 0 Å². The Balaban J connectivity index is 1.94. The number of ether oxygens (including phenoxy) is 1. The molecule has 1 heterocycles. The van der Waals surface area contributed by atoms with Gasteiger partial charge in [0.1, 0.15) is 12.4 Å². The van der Waals surface area contributed by atoms with Crippen LogP contribution in [-0.2, 0) is 11.3 Å². The fraction of sp³-hybridized carbons (Fsp3) is 0.556. The molecular weight excluding hydrogens is 211 g/mol. The summed E-state index contributed by atoms with van der Waals surface area (Å²) in [4.78, 5) is 0. The van der Waals surface area contributed by atoms with Gasteiger partial charge in [0, 0.05) is 6.54 Å². The van der Waals surface area contributed by atoms with Crippen LogP contribution in [0.25, 0.3) is 0 Å². The summed E-state index contributed by atoms with van der Waals surface area (Å²) in [6.45, 7) is -0.325. The molecule has 1 rings (SSSR count). The van der Waals surface area contributed by atoms with Gasteiger partial charge in [-0.2, -0.15) is 13.2 Å². The van der Waals surface area contributed by atoms with E-state index in [9.17, 15) is 13.2 Å². The number of nitrogens with one attached hydrogen (secondary N) is 1. The largest absolute Gasteiger partial charge is 0.468 e. The zero-order valence-corrected chi connectivity index (χ0v) is 8.01. The van der Waals surface area contributed by atoms with Crippen molar-refractivity contribution in [1.29, 1.82) is 0 Å². The quantitative estimate of drug-likeness (QED) is 0.748. The van der Waals surface area contributed by atoms with E-state index in [1.165, 1.54) is 6.26 Å². The zero-order chi connectivity index (χ0) is 11.1. The summed E-state index contributed by atoms with van der Waals surface area (Å²) < 4.78 is 44.3.